The molecule has 0 aliphatic carbocycles. The number of amides is 1. The molecule has 1 aliphatic rings. The second-order valence-electron chi connectivity index (χ2n) is 6.54. The van der Waals surface area contributed by atoms with Crippen LogP contribution in [0.3, 0.4) is 0 Å². The lowest BCUT2D eigenvalue weighted by molar-refractivity contribution is -0.131. The molecule has 0 saturated carbocycles. The van der Waals surface area contributed by atoms with Gasteiger partial charge in [0, 0.05) is 63.2 Å². The van der Waals surface area contributed by atoms with Crippen molar-refractivity contribution in [1.29, 1.82) is 0 Å². The number of aliphatic hydroxyl groups excluding tert-OH is 1. The lowest BCUT2D eigenvalue weighted by atomic mass is 9.97. The molecule has 1 amide bonds. The van der Waals surface area contributed by atoms with Crippen molar-refractivity contribution in [3.63, 3.8) is 0 Å². The Labute approximate surface area is 174 Å². The number of carbonyl (C=O) groups is 3. The monoisotopic (exact) mass is 420 g/mol. The molecule has 2 atom stereocenters. The van der Waals surface area contributed by atoms with E-state index in [-0.39, 0.29) is 24.8 Å². The summed E-state index contributed by atoms with van der Waals surface area (Å²) in [5.74, 6) is 1.19. The maximum absolute atomic E-state index is 12.5. The van der Waals surface area contributed by atoms with Gasteiger partial charge in [0.15, 0.2) is 0 Å². The smallest absolute Gasteiger partial charge is 0.290 e. The first-order chi connectivity index (χ1) is 14.5. The van der Waals surface area contributed by atoms with Crippen LogP contribution >= 0.6 is 0 Å². The number of likely N-dealkylation sites (tertiary alicyclic amines) is 1. The first kappa shape index (κ1) is 24.8. The van der Waals surface area contributed by atoms with Gasteiger partial charge < -0.3 is 24.8 Å². The highest BCUT2D eigenvalue weighted by molar-refractivity contribution is 5.76. The zero-order valence-corrected chi connectivity index (χ0v) is 16.9. The Morgan fingerprint density at radius 1 is 1.17 bits per heavy atom. The first-order valence-electron chi connectivity index (χ1n) is 9.51. The molecular weight excluding hydrogens is 392 g/mol. The Hall–Kier alpha value is -3.27. The van der Waals surface area contributed by atoms with Gasteiger partial charge in [0.1, 0.15) is 5.82 Å². The topological polar surface area (TPSA) is 146 Å². The summed E-state index contributed by atoms with van der Waals surface area (Å²) in [6, 6.07) is 3.92. The van der Waals surface area contributed by atoms with Crippen LogP contribution in [0.4, 0.5) is 0 Å². The number of aryl methyl sites for hydroxylation is 2. The van der Waals surface area contributed by atoms with Gasteiger partial charge in [-0.05, 0) is 24.1 Å². The molecule has 1 fully saturated rings. The van der Waals surface area contributed by atoms with Crippen LogP contribution in [-0.4, -0.2) is 72.8 Å². The quantitative estimate of drug-likeness (QED) is 0.579. The molecule has 2 aromatic rings. The van der Waals surface area contributed by atoms with Crippen molar-refractivity contribution in [1.82, 2.24) is 19.4 Å². The number of β-amino-alcohol motifs (C(OH)–C–C–N with tert-alkyl or cyclic N) is 1. The van der Waals surface area contributed by atoms with Gasteiger partial charge in [-0.2, -0.15) is 0 Å². The molecule has 0 unspecified atom stereocenters. The molecule has 3 rings (SSSR count). The summed E-state index contributed by atoms with van der Waals surface area (Å²) in [5.41, 5.74) is 1.15. The van der Waals surface area contributed by atoms with E-state index in [2.05, 4.69) is 16.9 Å². The molecule has 164 valence electrons. The fraction of sp³-hybridized carbons (Fsp3) is 0.450. The molecule has 10 heteroatoms. The van der Waals surface area contributed by atoms with Gasteiger partial charge >= 0.3 is 0 Å². The van der Waals surface area contributed by atoms with Crippen molar-refractivity contribution >= 4 is 18.9 Å². The summed E-state index contributed by atoms with van der Waals surface area (Å²) in [4.78, 5) is 39.3. The Kier molecular flexibility index (Phi) is 11.4. The predicted octanol–water partition coefficient (Wildman–Crippen LogP) is 0.694. The number of carboxylic acid groups (broad SMARTS) is 2. The number of nitrogens with zero attached hydrogens (tertiary/aromatic N) is 4. The zero-order chi connectivity index (χ0) is 22.4. The van der Waals surface area contributed by atoms with E-state index >= 15 is 0 Å². The number of hydrogen-bond donors (Lipinski definition) is 3. The minimum Gasteiger partial charge on any atom is -0.483 e. The van der Waals surface area contributed by atoms with Crippen molar-refractivity contribution in [3.8, 4) is 0 Å². The van der Waals surface area contributed by atoms with Crippen molar-refractivity contribution < 1.29 is 29.7 Å². The van der Waals surface area contributed by atoms with Crippen molar-refractivity contribution in [3.05, 3.63) is 48.3 Å². The van der Waals surface area contributed by atoms with Crippen LogP contribution in [0.15, 0.2) is 36.9 Å². The third kappa shape index (κ3) is 8.00. The summed E-state index contributed by atoms with van der Waals surface area (Å²) < 4.78 is 2.03. The largest absolute Gasteiger partial charge is 0.483 e. The molecule has 0 spiro atoms. The summed E-state index contributed by atoms with van der Waals surface area (Å²) in [7, 11) is 0. The summed E-state index contributed by atoms with van der Waals surface area (Å²) in [6.07, 6.45) is 8.82. The van der Waals surface area contributed by atoms with Gasteiger partial charge in [-0.15, -0.1) is 0 Å². The van der Waals surface area contributed by atoms with Gasteiger partial charge in [0.2, 0.25) is 5.91 Å². The minimum absolute atomic E-state index is 0.0933. The highest BCUT2D eigenvalue weighted by Gasteiger charge is 2.33. The van der Waals surface area contributed by atoms with E-state index in [0.717, 1.165) is 24.2 Å². The second-order valence-corrected chi connectivity index (χ2v) is 6.54. The van der Waals surface area contributed by atoms with Crippen LogP contribution in [0.25, 0.3) is 0 Å². The first-order valence-corrected chi connectivity index (χ1v) is 9.51. The number of pyridine rings is 1. The highest BCUT2D eigenvalue weighted by atomic mass is 16.3. The number of imidazole rings is 1. The molecule has 1 aliphatic heterocycles. The lowest BCUT2D eigenvalue weighted by Gasteiger charge is -2.17. The Morgan fingerprint density at radius 2 is 1.80 bits per heavy atom. The molecule has 2 aromatic heterocycles. The van der Waals surface area contributed by atoms with Gasteiger partial charge in [0.25, 0.3) is 12.9 Å². The summed E-state index contributed by atoms with van der Waals surface area (Å²) in [5, 5.41) is 24.1. The van der Waals surface area contributed by atoms with E-state index < -0.39 is 6.10 Å². The standard InChI is InChI=1S/C18H24N4O2.2CH2O2/c1-2-17-20-8-10-21(17)9-5-18(24)22-12-15(16(23)13-22)11-14-3-6-19-7-4-14;2*2-1-3/h3-4,6-8,10,15-16,23H,2,5,9,11-13H2,1H3;2*1H,(H,2,3)/t15-,16+;;/m1../s1. The van der Waals surface area contributed by atoms with Crippen LogP contribution in [0.5, 0.6) is 0 Å². The maximum Gasteiger partial charge on any atom is 0.290 e. The molecule has 30 heavy (non-hydrogen) atoms. The second kappa shape index (κ2) is 13.8. The van der Waals surface area contributed by atoms with Crippen LogP contribution in [0.1, 0.15) is 24.7 Å². The van der Waals surface area contributed by atoms with E-state index in [1.165, 1.54) is 0 Å². The zero-order valence-electron chi connectivity index (χ0n) is 16.9. The molecule has 0 aromatic carbocycles. The van der Waals surface area contributed by atoms with Crippen molar-refractivity contribution in [2.45, 2.75) is 38.8 Å². The molecule has 3 N–H and O–H groups in total. The third-order valence-corrected chi connectivity index (χ3v) is 4.69. The van der Waals surface area contributed by atoms with Gasteiger partial charge in [0.05, 0.1) is 6.10 Å². The summed E-state index contributed by atoms with van der Waals surface area (Å²) >= 11 is 0. The summed E-state index contributed by atoms with van der Waals surface area (Å²) in [6.45, 7) is 3.25. The number of hydrogen-bond acceptors (Lipinski definition) is 6. The predicted molar refractivity (Wildman–Crippen MR) is 108 cm³/mol. The Bertz CT molecular complexity index is 762. The molecule has 3 heterocycles. The van der Waals surface area contributed by atoms with Crippen molar-refractivity contribution in [2.24, 2.45) is 5.92 Å². The number of aromatic nitrogens is 3. The average molecular weight is 420 g/mol. The lowest BCUT2D eigenvalue weighted by Crippen LogP contribution is -2.30. The van der Waals surface area contributed by atoms with Gasteiger partial charge in [-0.3, -0.25) is 19.4 Å². The van der Waals surface area contributed by atoms with E-state index in [1.807, 2.05) is 22.9 Å². The molecule has 0 bridgehead atoms. The fourth-order valence-electron chi connectivity index (χ4n) is 3.31. The van der Waals surface area contributed by atoms with Crippen LogP contribution in [0, 0.1) is 5.92 Å². The number of aliphatic hydroxyl groups is 1. The SMILES string of the molecule is CCc1nccn1CCC(=O)N1C[C@@H](Cc2ccncc2)[C@@H](O)C1.O=CO.O=CO. The van der Waals surface area contributed by atoms with Gasteiger partial charge in [-0.25, -0.2) is 4.98 Å². The average Bonchev–Trinajstić information content (AvgIpc) is 3.34. The van der Waals surface area contributed by atoms with Crippen molar-refractivity contribution in [2.75, 3.05) is 13.1 Å². The Balaban J connectivity index is 0.000000672. The highest BCUT2D eigenvalue weighted by Crippen LogP contribution is 2.22. The van der Waals surface area contributed by atoms with Crippen LogP contribution in [-0.2, 0) is 33.8 Å². The molecule has 0 radical (unpaired) electrons. The number of rotatable bonds is 6. The maximum atomic E-state index is 12.5. The van der Waals surface area contributed by atoms with E-state index in [0.29, 0.717) is 26.1 Å². The number of carbonyl (C=O) groups excluding carboxylic acids is 1. The molecule has 10 nitrogen and oxygen atoms in total. The van der Waals surface area contributed by atoms with Crippen LogP contribution < -0.4 is 0 Å². The third-order valence-electron chi connectivity index (χ3n) is 4.69. The Morgan fingerprint density at radius 3 is 2.40 bits per heavy atom. The van der Waals surface area contributed by atoms with Gasteiger partial charge in [-0.1, -0.05) is 6.92 Å². The fourth-order valence-corrected chi connectivity index (χ4v) is 3.31. The molecular formula is C20H28N4O6. The van der Waals surface area contributed by atoms with E-state index in [9.17, 15) is 9.90 Å². The normalized spacial score (nSPS) is 17.2. The van der Waals surface area contributed by atoms with E-state index in [4.69, 9.17) is 19.8 Å². The molecule has 1 saturated heterocycles. The van der Waals surface area contributed by atoms with E-state index in [1.54, 1.807) is 23.5 Å². The van der Waals surface area contributed by atoms with Crippen LogP contribution in [0.2, 0.25) is 0 Å². The minimum atomic E-state index is -0.457.